The molecule has 4 heteroatoms. The van der Waals surface area contributed by atoms with Crippen LogP contribution in [0.15, 0.2) is 18.2 Å². The lowest BCUT2D eigenvalue weighted by atomic mass is 10.0. The fourth-order valence-electron chi connectivity index (χ4n) is 2.96. The Morgan fingerprint density at radius 1 is 1.29 bits per heavy atom. The standard InChI is InChI=1S/C13H17FN2O/c1-17-13-3-2-11(14)4-12(13)16-7-9-5-15-6-10(9)8-16/h2-4,9-10,15H,5-8H2,1H3. The Morgan fingerprint density at radius 2 is 2.00 bits per heavy atom. The Morgan fingerprint density at radius 3 is 2.65 bits per heavy atom. The average molecular weight is 236 g/mol. The maximum absolute atomic E-state index is 13.3. The van der Waals surface area contributed by atoms with Gasteiger partial charge >= 0.3 is 0 Å². The number of benzene rings is 1. The highest BCUT2D eigenvalue weighted by atomic mass is 19.1. The molecule has 2 aliphatic rings. The first-order chi connectivity index (χ1) is 8.28. The summed E-state index contributed by atoms with van der Waals surface area (Å²) in [5.74, 6) is 1.96. The predicted molar refractivity (Wildman–Crippen MR) is 65.0 cm³/mol. The summed E-state index contributed by atoms with van der Waals surface area (Å²) >= 11 is 0. The third kappa shape index (κ3) is 1.86. The van der Waals surface area contributed by atoms with Crippen LogP contribution in [0.5, 0.6) is 5.75 Å². The lowest BCUT2D eigenvalue weighted by Crippen LogP contribution is -2.25. The Labute approximate surface area is 101 Å². The van der Waals surface area contributed by atoms with E-state index in [1.54, 1.807) is 19.2 Å². The molecule has 2 unspecified atom stereocenters. The molecule has 2 atom stereocenters. The third-order valence-corrected chi connectivity index (χ3v) is 3.87. The molecule has 3 rings (SSSR count). The van der Waals surface area contributed by atoms with Crippen LogP contribution in [0.25, 0.3) is 0 Å². The topological polar surface area (TPSA) is 24.5 Å². The van der Waals surface area contributed by atoms with Gasteiger partial charge in [-0.2, -0.15) is 0 Å². The van der Waals surface area contributed by atoms with Crippen LogP contribution in [0.1, 0.15) is 0 Å². The lowest BCUT2D eigenvalue weighted by Gasteiger charge is -2.22. The molecule has 0 amide bonds. The van der Waals surface area contributed by atoms with Gasteiger partial charge in [0.15, 0.2) is 0 Å². The maximum Gasteiger partial charge on any atom is 0.142 e. The maximum atomic E-state index is 13.3. The monoisotopic (exact) mass is 236 g/mol. The van der Waals surface area contributed by atoms with Crippen LogP contribution in [0, 0.1) is 17.7 Å². The van der Waals surface area contributed by atoms with E-state index in [4.69, 9.17) is 4.74 Å². The Balaban J connectivity index is 1.87. The smallest absolute Gasteiger partial charge is 0.142 e. The first kappa shape index (κ1) is 10.8. The number of halogens is 1. The van der Waals surface area contributed by atoms with Gasteiger partial charge in [0.1, 0.15) is 11.6 Å². The summed E-state index contributed by atoms with van der Waals surface area (Å²) in [5.41, 5.74) is 0.891. The zero-order valence-electron chi connectivity index (χ0n) is 9.95. The van der Waals surface area contributed by atoms with Gasteiger partial charge in [0.05, 0.1) is 12.8 Å². The number of nitrogens with zero attached hydrogens (tertiary/aromatic N) is 1. The highest BCUT2D eigenvalue weighted by Crippen LogP contribution is 2.36. The van der Waals surface area contributed by atoms with E-state index in [1.165, 1.54) is 6.07 Å². The molecule has 1 aromatic rings. The molecule has 3 nitrogen and oxygen atoms in total. The molecule has 2 aliphatic heterocycles. The lowest BCUT2D eigenvalue weighted by molar-refractivity contribution is 0.413. The van der Waals surface area contributed by atoms with Crippen molar-refractivity contribution in [1.82, 2.24) is 5.32 Å². The molecule has 1 aromatic carbocycles. The molecule has 0 spiro atoms. The van der Waals surface area contributed by atoms with Crippen molar-refractivity contribution in [2.45, 2.75) is 0 Å². The molecular formula is C13H17FN2O. The van der Waals surface area contributed by atoms with Crippen molar-refractivity contribution in [3.8, 4) is 5.75 Å². The van der Waals surface area contributed by atoms with Gasteiger partial charge in [0, 0.05) is 32.2 Å². The summed E-state index contributed by atoms with van der Waals surface area (Å²) in [5, 5.41) is 3.40. The van der Waals surface area contributed by atoms with Crippen LogP contribution in [0.2, 0.25) is 0 Å². The Kier molecular flexibility index (Phi) is 2.67. The molecule has 0 aromatic heterocycles. The number of anilines is 1. The zero-order chi connectivity index (χ0) is 11.8. The average Bonchev–Trinajstić information content (AvgIpc) is 2.88. The van der Waals surface area contributed by atoms with E-state index in [1.807, 2.05) is 0 Å². The fraction of sp³-hybridized carbons (Fsp3) is 0.538. The minimum Gasteiger partial charge on any atom is -0.495 e. The summed E-state index contributed by atoms with van der Waals surface area (Å²) < 4.78 is 18.6. The number of fused-ring (bicyclic) bond motifs is 1. The van der Waals surface area contributed by atoms with Crippen molar-refractivity contribution in [2.75, 3.05) is 38.2 Å². The van der Waals surface area contributed by atoms with Gasteiger partial charge in [-0.1, -0.05) is 0 Å². The molecule has 0 bridgehead atoms. The minimum atomic E-state index is -0.198. The number of nitrogens with one attached hydrogen (secondary N) is 1. The van der Waals surface area contributed by atoms with E-state index < -0.39 is 0 Å². The predicted octanol–water partition coefficient (Wildman–Crippen LogP) is 1.49. The summed E-state index contributed by atoms with van der Waals surface area (Å²) in [6.07, 6.45) is 0. The fourth-order valence-corrected chi connectivity index (χ4v) is 2.96. The molecule has 0 aliphatic carbocycles. The highest BCUT2D eigenvalue weighted by Gasteiger charge is 2.36. The summed E-state index contributed by atoms with van der Waals surface area (Å²) in [6, 6.07) is 4.73. The van der Waals surface area contributed by atoms with Crippen molar-refractivity contribution >= 4 is 5.69 Å². The van der Waals surface area contributed by atoms with Gasteiger partial charge in [-0.15, -0.1) is 0 Å². The van der Waals surface area contributed by atoms with E-state index in [0.717, 1.165) is 37.6 Å². The molecule has 2 fully saturated rings. The number of hydrogen-bond donors (Lipinski definition) is 1. The number of rotatable bonds is 2. The first-order valence-electron chi connectivity index (χ1n) is 6.07. The normalized spacial score (nSPS) is 27.3. The van der Waals surface area contributed by atoms with Crippen molar-refractivity contribution in [3.63, 3.8) is 0 Å². The van der Waals surface area contributed by atoms with Gasteiger partial charge in [-0.25, -0.2) is 4.39 Å². The Hall–Kier alpha value is -1.29. The summed E-state index contributed by atoms with van der Waals surface area (Å²) in [4.78, 5) is 2.25. The number of hydrogen-bond acceptors (Lipinski definition) is 3. The van der Waals surface area contributed by atoms with Crippen LogP contribution >= 0.6 is 0 Å². The molecule has 2 heterocycles. The molecule has 92 valence electrons. The van der Waals surface area contributed by atoms with Crippen LogP contribution in [0.3, 0.4) is 0 Å². The van der Waals surface area contributed by atoms with Crippen molar-refractivity contribution in [1.29, 1.82) is 0 Å². The molecule has 0 saturated carbocycles. The largest absolute Gasteiger partial charge is 0.495 e. The van der Waals surface area contributed by atoms with Crippen LogP contribution < -0.4 is 15.0 Å². The van der Waals surface area contributed by atoms with E-state index in [-0.39, 0.29) is 5.82 Å². The quantitative estimate of drug-likeness (QED) is 0.842. The van der Waals surface area contributed by atoms with Gasteiger partial charge < -0.3 is 15.0 Å². The highest BCUT2D eigenvalue weighted by molar-refractivity contribution is 5.59. The molecule has 2 saturated heterocycles. The van der Waals surface area contributed by atoms with E-state index in [2.05, 4.69) is 10.2 Å². The van der Waals surface area contributed by atoms with E-state index in [9.17, 15) is 4.39 Å². The second-order valence-corrected chi connectivity index (χ2v) is 4.90. The minimum absolute atomic E-state index is 0.198. The van der Waals surface area contributed by atoms with Crippen LogP contribution in [-0.2, 0) is 0 Å². The SMILES string of the molecule is COc1ccc(F)cc1N1CC2CNCC2C1. The first-order valence-corrected chi connectivity index (χ1v) is 6.07. The molecule has 0 radical (unpaired) electrons. The number of ether oxygens (including phenoxy) is 1. The van der Waals surface area contributed by atoms with Crippen LogP contribution in [-0.4, -0.2) is 33.3 Å². The summed E-state index contributed by atoms with van der Waals surface area (Å²) in [7, 11) is 1.63. The molecule has 1 N–H and O–H groups in total. The zero-order valence-corrected chi connectivity index (χ0v) is 9.95. The molecule has 17 heavy (non-hydrogen) atoms. The van der Waals surface area contributed by atoms with Crippen molar-refractivity contribution in [3.05, 3.63) is 24.0 Å². The van der Waals surface area contributed by atoms with Crippen LogP contribution in [0.4, 0.5) is 10.1 Å². The van der Waals surface area contributed by atoms with Gasteiger partial charge in [0.2, 0.25) is 0 Å². The summed E-state index contributed by atoms with van der Waals surface area (Å²) in [6.45, 7) is 4.16. The van der Waals surface area contributed by atoms with Crippen molar-refractivity contribution in [2.24, 2.45) is 11.8 Å². The van der Waals surface area contributed by atoms with Gasteiger partial charge in [-0.05, 0) is 24.0 Å². The second kappa shape index (κ2) is 4.18. The molecular weight excluding hydrogens is 219 g/mol. The Bertz CT molecular complexity index is 412. The van der Waals surface area contributed by atoms with Gasteiger partial charge in [-0.3, -0.25) is 0 Å². The second-order valence-electron chi connectivity index (χ2n) is 4.90. The van der Waals surface area contributed by atoms with Crippen molar-refractivity contribution < 1.29 is 9.13 Å². The number of methoxy groups -OCH3 is 1. The third-order valence-electron chi connectivity index (χ3n) is 3.87. The van der Waals surface area contributed by atoms with E-state index >= 15 is 0 Å². The van der Waals surface area contributed by atoms with E-state index in [0.29, 0.717) is 11.8 Å². The van der Waals surface area contributed by atoms with Gasteiger partial charge in [0.25, 0.3) is 0 Å².